The third-order valence-electron chi connectivity index (χ3n) is 1.87. The van der Waals surface area contributed by atoms with E-state index in [4.69, 9.17) is 5.73 Å². The molecule has 0 bridgehead atoms. The minimum atomic E-state index is -3.29. The van der Waals surface area contributed by atoms with Crippen molar-refractivity contribution in [1.82, 2.24) is 0 Å². The number of benzene rings is 1. The van der Waals surface area contributed by atoms with Gasteiger partial charge in [-0.2, -0.15) is 0 Å². The fourth-order valence-electron chi connectivity index (χ4n) is 1.16. The van der Waals surface area contributed by atoms with E-state index in [9.17, 15) is 13.2 Å². The van der Waals surface area contributed by atoms with Crippen molar-refractivity contribution >= 4 is 21.4 Å². The fourth-order valence-corrected chi connectivity index (χ4v) is 1.71. The lowest BCUT2D eigenvalue weighted by Gasteiger charge is -2.04. The molecule has 0 atom stereocenters. The minimum absolute atomic E-state index is 0.428. The third kappa shape index (κ3) is 4.41. The van der Waals surface area contributed by atoms with E-state index in [-0.39, 0.29) is 0 Å². The summed E-state index contributed by atoms with van der Waals surface area (Å²) in [6, 6.07) is 6.91. The van der Waals surface area contributed by atoms with Crippen molar-refractivity contribution in [2.75, 3.05) is 17.3 Å². The van der Waals surface area contributed by atoms with Gasteiger partial charge in [0.15, 0.2) is 9.84 Å². The van der Waals surface area contributed by atoms with Crippen molar-refractivity contribution in [2.45, 2.75) is 6.54 Å². The molecule has 0 aliphatic rings. The molecule has 0 saturated carbocycles. The van der Waals surface area contributed by atoms with Crippen molar-refractivity contribution in [3.8, 4) is 0 Å². The Morgan fingerprint density at radius 1 is 1.31 bits per heavy atom. The lowest BCUT2D eigenvalue weighted by molar-refractivity contribution is -0.113. The van der Waals surface area contributed by atoms with Crippen LogP contribution in [0, 0.1) is 0 Å². The quantitative estimate of drug-likeness (QED) is 0.785. The molecule has 6 heteroatoms. The molecule has 0 unspecified atom stereocenters. The van der Waals surface area contributed by atoms with E-state index < -0.39 is 21.5 Å². The number of sulfone groups is 1. The van der Waals surface area contributed by atoms with Crippen LogP contribution in [0.25, 0.3) is 0 Å². The molecular weight excluding hydrogens is 228 g/mol. The predicted molar refractivity (Wildman–Crippen MR) is 62.7 cm³/mol. The van der Waals surface area contributed by atoms with E-state index in [1.165, 1.54) is 0 Å². The summed E-state index contributed by atoms with van der Waals surface area (Å²) in [6.07, 6.45) is 1.02. The number of hydrogen-bond donors (Lipinski definition) is 2. The highest BCUT2D eigenvalue weighted by Crippen LogP contribution is 2.08. The minimum Gasteiger partial charge on any atom is -0.326 e. The number of anilines is 1. The molecule has 1 amide bonds. The summed E-state index contributed by atoms with van der Waals surface area (Å²) in [7, 11) is -3.29. The number of hydrogen-bond acceptors (Lipinski definition) is 4. The molecule has 0 heterocycles. The molecule has 5 nitrogen and oxygen atoms in total. The molecule has 16 heavy (non-hydrogen) atoms. The van der Waals surface area contributed by atoms with Crippen molar-refractivity contribution < 1.29 is 13.2 Å². The highest BCUT2D eigenvalue weighted by atomic mass is 32.2. The number of carbonyl (C=O) groups excluding carboxylic acids is 1. The Balaban J connectivity index is 2.63. The molecule has 0 aliphatic heterocycles. The molecule has 0 saturated heterocycles. The molecule has 0 aliphatic carbocycles. The van der Waals surface area contributed by atoms with Gasteiger partial charge in [0.2, 0.25) is 5.91 Å². The monoisotopic (exact) mass is 242 g/mol. The van der Waals surface area contributed by atoms with Gasteiger partial charge in [0.1, 0.15) is 5.75 Å². The highest BCUT2D eigenvalue weighted by molar-refractivity contribution is 7.91. The summed E-state index contributed by atoms with van der Waals surface area (Å²) in [5.74, 6) is -1.05. The summed E-state index contributed by atoms with van der Waals surface area (Å²) in [5, 5.41) is 2.49. The van der Waals surface area contributed by atoms with Gasteiger partial charge in [0.05, 0.1) is 0 Å². The number of nitrogens with one attached hydrogen (secondary N) is 1. The molecule has 1 rings (SSSR count). The second kappa shape index (κ2) is 5.09. The maximum atomic E-state index is 11.3. The van der Waals surface area contributed by atoms with Crippen molar-refractivity contribution in [2.24, 2.45) is 5.73 Å². The summed E-state index contributed by atoms with van der Waals surface area (Å²) in [4.78, 5) is 11.3. The van der Waals surface area contributed by atoms with Crippen LogP contribution in [0.4, 0.5) is 5.69 Å². The van der Waals surface area contributed by atoms with Crippen LogP contribution in [-0.4, -0.2) is 26.3 Å². The zero-order valence-corrected chi connectivity index (χ0v) is 9.75. The fraction of sp³-hybridized carbons (Fsp3) is 0.300. The number of nitrogens with two attached hydrogens (primary N) is 1. The van der Waals surface area contributed by atoms with E-state index in [1.807, 2.05) is 0 Å². The number of rotatable bonds is 4. The Hall–Kier alpha value is -1.40. The van der Waals surface area contributed by atoms with Crippen LogP contribution in [0.1, 0.15) is 5.56 Å². The normalized spacial score (nSPS) is 11.1. The summed E-state index contributed by atoms with van der Waals surface area (Å²) < 4.78 is 21.7. The average molecular weight is 242 g/mol. The van der Waals surface area contributed by atoms with Crippen LogP contribution in [0.5, 0.6) is 0 Å². The SMILES string of the molecule is CS(=O)(=O)CC(=O)Nc1ccc(CN)cc1. The molecule has 1 aromatic carbocycles. The first kappa shape index (κ1) is 12.7. The van der Waals surface area contributed by atoms with E-state index in [0.717, 1.165) is 11.8 Å². The predicted octanol–water partition coefficient (Wildman–Crippen LogP) is 0.128. The maximum absolute atomic E-state index is 11.3. The average Bonchev–Trinajstić information content (AvgIpc) is 2.16. The third-order valence-corrected chi connectivity index (χ3v) is 2.65. The van der Waals surface area contributed by atoms with E-state index in [2.05, 4.69) is 5.32 Å². The van der Waals surface area contributed by atoms with Crippen molar-refractivity contribution in [1.29, 1.82) is 0 Å². The van der Waals surface area contributed by atoms with Crippen LogP contribution in [-0.2, 0) is 21.2 Å². The Bertz CT molecular complexity index is 465. The Kier molecular flexibility index (Phi) is 4.03. The molecule has 0 aromatic heterocycles. The lowest BCUT2D eigenvalue weighted by Crippen LogP contribution is -2.21. The molecule has 0 spiro atoms. The van der Waals surface area contributed by atoms with Crippen LogP contribution in [0.15, 0.2) is 24.3 Å². The van der Waals surface area contributed by atoms with E-state index in [1.54, 1.807) is 24.3 Å². The molecule has 88 valence electrons. The van der Waals surface area contributed by atoms with Gasteiger partial charge in [0, 0.05) is 18.5 Å². The highest BCUT2D eigenvalue weighted by Gasteiger charge is 2.10. The van der Waals surface area contributed by atoms with Crippen molar-refractivity contribution in [3.63, 3.8) is 0 Å². The zero-order chi connectivity index (χ0) is 12.2. The van der Waals surface area contributed by atoms with Gasteiger partial charge in [0.25, 0.3) is 0 Å². The van der Waals surface area contributed by atoms with Gasteiger partial charge in [-0.05, 0) is 17.7 Å². The summed E-state index contributed by atoms with van der Waals surface area (Å²) >= 11 is 0. The Morgan fingerprint density at radius 3 is 2.31 bits per heavy atom. The van der Waals surface area contributed by atoms with Gasteiger partial charge in [-0.3, -0.25) is 4.79 Å². The van der Waals surface area contributed by atoms with Gasteiger partial charge in [-0.1, -0.05) is 12.1 Å². The Morgan fingerprint density at radius 2 is 1.88 bits per heavy atom. The van der Waals surface area contributed by atoms with E-state index >= 15 is 0 Å². The first-order valence-electron chi connectivity index (χ1n) is 4.67. The van der Waals surface area contributed by atoms with E-state index in [0.29, 0.717) is 12.2 Å². The van der Waals surface area contributed by atoms with Gasteiger partial charge in [-0.25, -0.2) is 8.42 Å². The molecular formula is C10H14N2O3S. The summed E-state index contributed by atoms with van der Waals surface area (Å²) in [5.41, 5.74) is 6.92. The van der Waals surface area contributed by atoms with Gasteiger partial charge >= 0.3 is 0 Å². The zero-order valence-electron chi connectivity index (χ0n) is 8.93. The number of amides is 1. The largest absolute Gasteiger partial charge is 0.326 e. The standard InChI is InChI=1S/C10H14N2O3S/c1-16(14,15)7-10(13)12-9-4-2-8(6-11)3-5-9/h2-5H,6-7,11H2,1H3,(H,12,13). The van der Waals surface area contributed by atoms with Crippen LogP contribution < -0.4 is 11.1 Å². The topological polar surface area (TPSA) is 89.3 Å². The maximum Gasteiger partial charge on any atom is 0.239 e. The Labute approximate surface area is 94.6 Å². The lowest BCUT2D eigenvalue weighted by atomic mass is 10.2. The first-order valence-corrected chi connectivity index (χ1v) is 6.73. The van der Waals surface area contributed by atoms with Crippen LogP contribution >= 0.6 is 0 Å². The van der Waals surface area contributed by atoms with Gasteiger partial charge in [-0.15, -0.1) is 0 Å². The molecule has 3 N–H and O–H groups in total. The van der Waals surface area contributed by atoms with Crippen LogP contribution in [0.2, 0.25) is 0 Å². The molecule has 1 aromatic rings. The molecule has 0 fully saturated rings. The smallest absolute Gasteiger partial charge is 0.239 e. The summed E-state index contributed by atoms with van der Waals surface area (Å²) in [6.45, 7) is 0.428. The second-order valence-electron chi connectivity index (χ2n) is 3.52. The van der Waals surface area contributed by atoms with Crippen LogP contribution in [0.3, 0.4) is 0 Å². The second-order valence-corrected chi connectivity index (χ2v) is 5.66. The van der Waals surface area contributed by atoms with Crippen molar-refractivity contribution in [3.05, 3.63) is 29.8 Å². The first-order chi connectivity index (χ1) is 7.40. The van der Waals surface area contributed by atoms with Gasteiger partial charge < -0.3 is 11.1 Å². The molecule has 0 radical (unpaired) electrons. The number of carbonyl (C=O) groups is 1.